The molecule has 0 amide bonds. The van der Waals surface area contributed by atoms with Crippen LogP contribution in [0.2, 0.25) is 0 Å². The lowest BCUT2D eigenvalue weighted by atomic mass is 9.89. The molecule has 0 bridgehead atoms. The first-order valence-corrected chi connectivity index (χ1v) is 6.36. The first kappa shape index (κ1) is 13.4. The van der Waals surface area contributed by atoms with E-state index in [1.165, 1.54) is 0 Å². The average molecular weight is 255 g/mol. The molecular weight excluding hydrogens is 236 g/mol. The molecular formula is C14H19F2NO. The van der Waals surface area contributed by atoms with Crippen molar-refractivity contribution in [3.05, 3.63) is 35.9 Å². The Morgan fingerprint density at radius 3 is 2.56 bits per heavy atom. The van der Waals surface area contributed by atoms with Crippen molar-refractivity contribution in [1.29, 1.82) is 0 Å². The minimum atomic E-state index is -2.97. The van der Waals surface area contributed by atoms with Crippen molar-refractivity contribution in [3.63, 3.8) is 0 Å². The molecule has 100 valence electrons. The third kappa shape index (κ3) is 3.06. The molecule has 0 radical (unpaired) electrons. The fourth-order valence-corrected chi connectivity index (χ4v) is 2.47. The summed E-state index contributed by atoms with van der Waals surface area (Å²) < 4.78 is 26.8. The Hall–Kier alpha value is -1.00. The van der Waals surface area contributed by atoms with Gasteiger partial charge in [0.1, 0.15) is 6.10 Å². The molecule has 1 aliphatic rings. The smallest absolute Gasteiger partial charge is 0.274 e. The highest BCUT2D eigenvalue weighted by Crippen LogP contribution is 2.34. The van der Waals surface area contributed by atoms with Crippen molar-refractivity contribution in [2.75, 3.05) is 0 Å². The maximum atomic E-state index is 13.4. The zero-order valence-corrected chi connectivity index (χ0v) is 10.4. The van der Waals surface area contributed by atoms with Gasteiger partial charge >= 0.3 is 0 Å². The van der Waals surface area contributed by atoms with Gasteiger partial charge in [-0.1, -0.05) is 30.3 Å². The molecule has 1 fully saturated rings. The Morgan fingerprint density at radius 2 is 1.94 bits per heavy atom. The van der Waals surface area contributed by atoms with Gasteiger partial charge in [-0.3, -0.25) is 0 Å². The van der Waals surface area contributed by atoms with Gasteiger partial charge in [-0.25, -0.2) is 8.78 Å². The number of rotatable bonds is 3. The molecule has 4 heteroatoms. The average Bonchev–Trinajstić information content (AvgIpc) is 2.34. The van der Waals surface area contributed by atoms with Gasteiger partial charge in [0.05, 0.1) is 0 Å². The predicted molar refractivity (Wildman–Crippen MR) is 66.6 cm³/mol. The summed E-state index contributed by atoms with van der Waals surface area (Å²) in [6.07, 6.45) is -1.02. The Morgan fingerprint density at radius 1 is 1.28 bits per heavy atom. The van der Waals surface area contributed by atoms with Crippen molar-refractivity contribution in [1.82, 2.24) is 5.32 Å². The summed E-state index contributed by atoms with van der Waals surface area (Å²) in [5.74, 6) is -2.97. The topological polar surface area (TPSA) is 32.3 Å². The maximum Gasteiger partial charge on any atom is 0.274 e. The minimum absolute atomic E-state index is 0.0437. The zero-order chi connectivity index (χ0) is 13.2. The van der Waals surface area contributed by atoms with E-state index in [9.17, 15) is 13.9 Å². The number of hydrogen-bond acceptors (Lipinski definition) is 2. The highest BCUT2D eigenvalue weighted by atomic mass is 19.3. The Kier molecular flexibility index (Phi) is 3.97. The van der Waals surface area contributed by atoms with E-state index in [2.05, 4.69) is 5.32 Å². The van der Waals surface area contributed by atoms with E-state index in [1.807, 2.05) is 37.3 Å². The largest absolute Gasteiger partial charge is 0.387 e. The predicted octanol–water partition coefficient (Wildman–Crippen LogP) is 2.89. The molecule has 1 aliphatic carbocycles. The van der Waals surface area contributed by atoms with E-state index in [0.29, 0.717) is 6.42 Å². The first-order valence-electron chi connectivity index (χ1n) is 6.36. The van der Waals surface area contributed by atoms with E-state index >= 15 is 0 Å². The third-order valence-electron chi connectivity index (χ3n) is 3.58. The van der Waals surface area contributed by atoms with Crippen LogP contribution in [0.1, 0.15) is 37.8 Å². The molecule has 1 aromatic carbocycles. The molecule has 3 atom stereocenters. The monoisotopic (exact) mass is 255 g/mol. The quantitative estimate of drug-likeness (QED) is 0.870. The van der Waals surface area contributed by atoms with Crippen molar-refractivity contribution < 1.29 is 13.9 Å². The van der Waals surface area contributed by atoms with E-state index in [4.69, 9.17) is 0 Å². The minimum Gasteiger partial charge on any atom is -0.387 e. The summed E-state index contributed by atoms with van der Waals surface area (Å²) in [5, 5.41) is 12.4. The van der Waals surface area contributed by atoms with Crippen LogP contribution in [0.15, 0.2) is 30.3 Å². The molecule has 1 saturated carbocycles. The molecule has 2 N–H and O–H groups in total. The SMILES string of the molecule is C[C@@H](N[C@@H]1CCC(O)C(F)(F)C1)c1ccccc1. The second-order valence-electron chi connectivity index (χ2n) is 5.05. The number of hydrogen-bond donors (Lipinski definition) is 2. The second kappa shape index (κ2) is 5.33. The first-order chi connectivity index (χ1) is 8.49. The highest BCUT2D eigenvalue weighted by molar-refractivity contribution is 5.18. The molecule has 0 saturated heterocycles. The summed E-state index contributed by atoms with van der Waals surface area (Å²) in [5.41, 5.74) is 1.09. The van der Waals surface area contributed by atoms with Gasteiger partial charge in [-0.05, 0) is 25.3 Å². The van der Waals surface area contributed by atoms with Crippen LogP contribution in [-0.4, -0.2) is 23.2 Å². The summed E-state index contributed by atoms with van der Waals surface area (Å²) in [7, 11) is 0. The second-order valence-corrected chi connectivity index (χ2v) is 5.05. The number of nitrogens with one attached hydrogen (secondary N) is 1. The number of benzene rings is 1. The number of aliphatic hydroxyl groups is 1. The van der Waals surface area contributed by atoms with Crippen LogP contribution >= 0.6 is 0 Å². The van der Waals surface area contributed by atoms with E-state index in [0.717, 1.165) is 5.56 Å². The van der Waals surface area contributed by atoms with Crippen molar-refractivity contribution in [2.45, 2.75) is 50.3 Å². The van der Waals surface area contributed by atoms with Crippen molar-refractivity contribution in [2.24, 2.45) is 0 Å². The molecule has 0 aliphatic heterocycles. The fourth-order valence-electron chi connectivity index (χ4n) is 2.47. The van der Waals surface area contributed by atoms with Gasteiger partial charge in [-0.2, -0.15) is 0 Å². The Bertz CT molecular complexity index is 383. The normalized spacial score (nSPS) is 28.9. The van der Waals surface area contributed by atoms with Gasteiger partial charge in [0, 0.05) is 18.5 Å². The summed E-state index contributed by atoms with van der Waals surface area (Å²) >= 11 is 0. The van der Waals surface area contributed by atoms with Crippen LogP contribution in [0.25, 0.3) is 0 Å². The number of halogens is 2. The van der Waals surface area contributed by atoms with Crippen LogP contribution in [0.4, 0.5) is 8.78 Å². The van der Waals surface area contributed by atoms with E-state index in [1.54, 1.807) is 0 Å². The molecule has 1 aromatic rings. The summed E-state index contributed by atoms with van der Waals surface area (Å²) in [6, 6.07) is 9.57. The lowest BCUT2D eigenvalue weighted by Crippen LogP contribution is -2.47. The van der Waals surface area contributed by atoms with Gasteiger partial charge in [0.25, 0.3) is 5.92 Å². The van der Waals surface area contributed by atoms with Gasteiger partial charge < -0.3 is 10.4 Å². The molecule has 0 spiro atoms. The summed E-state index contributed by atoms with van der Waals surface area (Å²) in [6.45, 7) is 1.97. The molecule has 2 rings (SSSR count). The lowest BCUT2D eigenvalue weighted by Gasteiger charge is -2.35. The maximum absolute atomic E-state index is 13.4. The van der Waals surface area contributed by atoms with Crippen LogP contribution in [0.5, 0.6) is 0 Å². The van der Waals surface area contributed by atoms with Gasteiger partial charge in [-0.15, -0.1) is 0 Å². The molecule has 2 nitrogen and oxygen atoms in total. The van der Waals surface area contributed by atoms with Crippen molar-refractivity contribution >= 4 is 0 Å². The van der Waals surface area contributed by atoms with Gasteiger partial charge in [0.15, 0.2) is 0 Å². The highest BCUT2D eigenvalue weighted by Gasteiger charge is 2.44. The fraction of sp³-hybridized carbons (Fsp3) is 0.571. The van der Waals surface area contributed by atoms with Gasteiger partial charge in [0.2, 0.25) is 0 Å². The number of aliphatic hydroxyl groups excluding tert-OH is 1. The van der Waals surface area contributed by atoms with E-state index in [-0.39, 0.29) is 24.9 Å². The number of alkyl halides is 2. The van der Waals surface area contributed by atoms with Crippen LogP contribution in [-0.2, 0) is 0 Å². The molecule has 0 heterocycles. The zero-order valence-electron chi connectivity index (χ0n) is 10.4. The van der Waals surface area contributed by atoms with Crippen LogP contribution in [0, 0.1) is 0 Å². The van der Waals surface area contributed by atoms with Crippen LogP contribution in [0.3, 0.4) is 0 Å². The van der Waals surface area contributed by atoms with Crippen LogP contribution < -0.4 is 5.32 Å². The molecule has 1 unspecified atom stereocenters. The standard InChI is InChI=1S/C14H19F2NO/c1-10(11-5-3-2-4-6-11)17-12-7-8-13(18)14(15,16)9-12/h2-6,10,12-13,17-18H,7-9H2,1H3/t10-,12-,13?/m1/s1. The van der Waals surface area contributed by atoms with Crippen molar-refractivity contribution in [3.8, 4) is 0 Å². The Labute approximate surface area is 106 Å². The summed E-state index contributed by atoms with van der Waals surface area (Å²) in [4.78, 5) is 0. The lowest BCUT2D eigenvalue weighted by molar-refractivity contribution is -0.138. The third-order valence-corrected chi connectivity index (χ3v) is 3.58. The molecule has 18 heavy (non-hydrogen) atoms. The molecule has 0 aromatic heterocycles. The Balaban J connectivity index is 1.94. The van der Waals surface area contributed by atoms with E-state index < -0.39 is 12.0 Å².